The van der Waals surface area contributed by atoms with Crippen molar-refractivity contribution < 1.29 is 9.13 Å². The fourth-order valence-electron chi connectivity index (χ4n) is 2.14. The summed E-state index contributed by atoms with van der Waals surface area (Å²) in [7, 11) is 0. The Morgan fingerprint density at radius 3 is 2.67 bits per heavy atom. The number of benzene rings is 2. The molecule has 0 aromatic heterocycles. The Labute approximate surface area is 133 Å². The second-order valence-electron chi connectivity index (χ2n) is 4.84. The lowest BCUT2D eigenvalue weighted by atomic mass is 10.1. The van der Waals surface area contributed by atoms with E-state index in [4.69, 9.17) is 4.74 Å². The highest BCUT2D eigenvalue weighted by atomic mass is 79.9. The Morgan fingerprint density at radius 2 is 2.00 bits per heavy atom. The lowest BCUT2D eigenvalue weighted by Gasteiger charge is -2.16. The Balaban J connectivity index is 2.05. The molecule has 0 fully saturated rings. The van der Waals surface area contributed by atoms with Crippen LogP contribution in [0.3, 0.4) is 0 Å². The van der Waals surface area contributed by atoms with Gasteiger partial charge >= 0.3 is 0 Å². The first-order chi connectivity index (χ1) is 10.1. The van der Waals surface area contributed by atoms with Crippen LogP contribution in [0.25, 0.3) is 0 Å². The van der Waals surface area contributed by atoms with Gasteiger partial charge in [0.25, 0.3) is 0 Å². The van der Waals surface area contributed by atoms with Crippen LogP contribution in [-0.2, 0) is 6.61 Å². The summed E-state index contributed by atoms with van der Waals surface area (Å²) in [6, 6.07) is 12.8. The van der Waals surface area contributed by atoms with Crippen molar-refractivity contribution in [2.75, 3.05) is 6.54 Å². The van der Waals surface area contributed by atoms with Crippen LogP contribution in [0.2, 0.25) is 0 Å². The van der Waals surface area contributed by atoms with Gasteiger partial charge in [0.1, 0.15) is 18.2 Å². The summed E-state index contributed by atoms with van der Waals surface area (Å²) >= 11 is 3.56. The summed E-state index contributed by atoms with van der Waals surface area (Å²) < 4.78 is 20.2. The molecule has 0 radical (unpaired) electrons. The smallest absolute Gasteiger partial charge is 0.129 e. The van der Waals surface area contributed by atoms with Crippen molar-refractivity contribution in [1.29, 1.82) is 0 Å². The quantitative estimate of drug-likeness (QED) is 0.803. The number of hydrogen-bond acceptors (Lipinski definition) is 2. The molecule has 2 nitrogen and oxygen atoms in total. The standard InChI is InChI=1S/C17H19BrFNO/c1-3-20-12(2)15-9-8-14(10-16(15)18)21-11-13-6-4-5-7-17(13)19/h4-10,12,20H,3,11H2,1-2H3. The SMILES string of the molecule is CCNC(C)c1ccc(OCc2ccccc2F)cc1Br. The predicted molar refractivity (Wildman–Crippen MR) is 87.0 cm³/mol. The molecule has 21 heavy (non-hydrogen) atoms. The largest absolute Gasteiger partial charge is 0.489 e. The molecule has 0 aliphatic rings. The minimum Gasteiger partial charge on any atom is -0.489 e. The molecule has 4 heteroatoms. The van der Waals surface area contributed by atoms with Crippen LogP contribution in [0.4, 0.5) is 4.39 Å². The van der Waals surface area contributed by atoms with Crippen LogP contribution in [0, 0.1) is 5.82 Å². The molecule has 112 valence electrons. The summed E-state index contributed by atoms with van der Waals surface area (Å²) in [6.07, 6.45) is 0. The Bertz CT molecular complexity index is 603. The Hall–Kier alpha value is -1.39. The van der Waals surface area contributed by atoms with Crippen LogP contribution in [0.15, 0.2) is 46.9 Å². The van der Waals surface area contributed by atoms with E-state index in [9.17, 15) is 4.39 Å². The van der Waals surface area contributed by atoms with Crippen LogP contribution in [-0.4, -0.2) is 6.54 Å². The van der Waals surface area contributed by atoms with Gasteiger partial charge in [-0.3, -0.25) is 0 Å². The first-order valence-electron chi connectivity index (χ1n) is 7.01. The topological polar surface area (TPSA) is 21.3 Å². The Kier molecular flexibility index (Phi) is 5.76. The molecule has 1 atom stereocenters. The number of halogens is 2. The molecule has 2 aromatic carbocycles. The van der Waals surface area contributed by atoms with Crippen molar-refractivity contribution in [3.8, 4) is 5.75 Å². The van der Waals surface area contributed by atoms with Gasteiger partial charge in [-0.2, -0.15) is 0 Å². The van der Waals surface area contributed by atoms with Gasteiger partial charge in [0.05, 0.1) is 0 Å². The number of ether oxygens (including phenoxy) is 1. The average Bonchev–Trinajstić information content (AvgIpc) is 2.46. The van der Waals surface area contributed by atoms with Gasteiger partial charge in [-0.05, 0) is 37.2 Å². The van der Waals surface area contributed by atoms with E-state index >= 15 is 0 Å². The van der Waals surface area contributed by atoms with Crippen molar-refractivity contribution in [2.24, 2.45) is 0 Å². The minimum atomic E-state index is -0.242. The van der Waals surface area contributed by atoms with Crippen molar-refractivity contribution >= 4 is 15.9 Å². The first kappa shape index (κ1) is 16.0. The highest BCUT2D eigenvalue weighted by Crippen LogP contribution is 2.28. The summed E-state index contributed by atoms with van der Waals surface area (Å²) in [5.41, 5.74) is 1.73. The molecule has 0 aliphatic carbocycles. The average molecular weight is 352 g/mol. The molecule has 0 heterocycles. The maximum Gasteiger partial charge on any atom is 0.129 e. The molecule has 2 rings (SSSR count). The monoisotopic (exact) mass is 351 g/mol. The summed E-state index contributed by atoms with van der Waals surface area (Å²) in [6.45, 7) is 5.33. The van der Waals surface area contributed by atoms with Crippen LogP contribution in [0.5, 0.6) is 5.75 Å². The lowest BCUT2D eigenvalue weighted by Crippen LogP contribution is -2.18. The van der Waals surface area contributed by atoms with Crippen LogP contribution >= 0.6 is 15.9 Å². The summed E-state index contributed by atoms with van der Waals surface area (Å²) in [5, 5.41) is 3.37. The van der Waals surface area contributed by atoms with Gasteiger partial charge in [0.2, 0.25) is 0 Å². The molecule has 0 saturated heterocycles. The predicted octanol–water partition coefficient (Wildman–Crippen LogP) is 4.84. The zero-order chi connectivity index (χ0) is 15.2. The molecular weight excluding hydrogens is 333 g/mol. The first-order valence-corrected chi connectivity index (χ1v) is 7.80. The highest BCUT2D eigenvalue weighted by Gasteiger charge is 2.09. The fraction of sp³-hybridized carbons (Fsp3) is 0.294. The Morgan fingerprint density at radius 1 is 1.24 bits per heavy atom. The van der Waals surface area contributed by atoms with Crippen molar-refractivity contribution in [2.45, 2.75) is 26.5 Å². The number of rotatable bonds is 6. The summed E-state index contributed by atoms with van der Waals surface area (Å²) in [5.74, 6) is 0.478. The molecular formula is C17H19BrFNO. The molecule has 0 aliphatic heterocycles. The van der Waals surface area contributed by atoms with Crippen molar-refractivity contribution in [1.82, 2.24) is 5.32 Å². The summed E-state index contributed by atoms with van der Waals surface area (Å²) in [4.78, 5) is 0. The molecule has 1 unspecified atom stereocenters. The zero-order valence-electron chi connectivity index (χ0n) is 12.2. The van der Waals surface area contributed by atoms with Crippen LogP contribution in [0.1, 0.15) is 31.0 Å². The molecule has 0 spiro atoms. The van der Waals surface area contributed by atoms with E-state index in [0.29, 0.717) is 5.56 Å². The molecule has 1 N–H and O–H groups in total. The van der Waals surface area contributed by atoms with Gasteiger partial charge in [0.15, 0.2) is 0 Å². The van der Waals surface area contributed by atoms with Crippen molar-refractivity contribution in [3.63, 3.8) is 0 Å². The van der Waals surface area contributed by atoms with E-state index in [2.05, 4.69) is 35.1 Å². The van der Waals surface area contributed by atoms with E-state index in [1.165, 1.54) is 11.6 Å². The van der Waals surface area contributed by atoms with Crippen molar-refractivity contribution in [3.05, 3.63) is 63.9 Å². The lowest BCUT2D eigenvalue weighted by molar-refractivity contribution is 0.299. The molecule has 0 bridgehead atoms. The van der Waals surface area contributed by atoms with Gasteiger partial charge in [-0.25, -0.2) is 4.39 Å². The number of nitrogens with one attached hydrogen (secondary N) is 1. The van der Waals surface area contributed by atoms with E-state index in [0.717, 1.165) is 16.8 Å². The van der Waals surface area contributed by atoms with Gasteiger partial charge in [-0.15, -0.1) is 0 Å². The number of hydrogen-bond donors (Lipinski definition) is 1. The van der Waals surface area contributed by atoms with Crippen LogP contribution < -0.4 is 10.1 Å². The fourth-order valence-corrected chi connectivity index (χ4v) is 2.84. The molecule has 0 amide bonds. The molecule has 2 aromatic rings. The van der Waals surface area contributed by atoms with Gasteiger partial charge in [0, 0.05) is 16.1 Å². The maximum atomic E-state index is 13.5. The normalized spacial score (nSPS) is 12.2. The highest BCUT2D eigenvalue weighted by molar-refractivity contribution is 9.10. The third-order valence-corrected chi connectivity index (χ3v) is 3.99. The second kappa shape index (κ2) is 7.57. The molecule has 0 saturated carbocycles. The van der Waals surface area contributed by atoms with E-state index in [1.807, 2.05) is 18.2 Å². The van der Waals surface area contributed by atoms with Gasteiger partial charge in [-0.1, -0.05) is 47.1 Å². The van der Waals surface area contributed by atoms with Gasteiger partial charge < -0.3 is 10.1 Å². The zero-order valence-corrected chi connectivity index (χ0v) is 13.8. The van der Waals surface area contributed by atoms with E-state index in [1.54, 1.807) is 18.2 Å². The maximum absolute atomic E-state index is 13.5. The second-order valence-corrected chi connectivity index (χ2v) is 5.70. The third-order valence-electron chi connectivity index (χ3n) is 3.30. The van der Waals surface area contributed by atoms with E-state index < -0.39 is 0 Å². The third kappa shape index (κ3) is 4.29. The van der Waals surface area contributed by atoms with E-state index in [-0.39, 0.29) is 18.5 Å². The minimum absolute atomic E-state index is 0.223.